The van der Waals surface area contributed by atoms with Crippen molar-refractivity contribution in [2.45, 2.75) is 20.8 Å². The molecule has 0 aromatic heterocycles. The molecule has 0 aliphatic rings. The van der Waals surface area contributed by atoms with Crippen LogP contribution < -0.4 is 0 Å². The fraction of sp³-hybridized carbons (Fsp3) is 0.467. The third-order valence-electron chi connectivity index (χ3n) is 3.07. The van der Waals surface area contributed by atoms with E-state index in [2.05, 4.69) is 0 Å². The van der Waals surface area contributed by atoms with Gasteiger partial charge in [-0.3, -0.25) is 9.59 Å². The van der Waals surface area contributed by atoms with Gasteiger partial charge in [0.15, 0.2) is 0 Å². The number of hydrogen-bond acceptors (Lipinski definition) is 3. The van der Waals surface area contributed by atoms with Crippen LogP contribution in [0.1, 0.15) is 27.0 Å². The van der Waals surface area contributed by atoms with Gasteiger partial charge < -0.3 is 14.7 Å². The second-order valence-electron chi connectivity index (χ2n) is 4.89. The summed E-state index contributed by atoms with van der Waals surface area (Å²) in [6, 6.07) is 3.85. The van der Waals surface area contributed by atoms with Crippen molar-refractivity contribution in [3.8, 4) is 0 Å². The van der Waals surface area contributed by atoms with E-state index in [1.165, 1.54) is 12.0 Å². The highest BCUT2D eigenvalue weighted by Crippen LogP contribution is 2.18. The zero-order valence-corrected chi connectivity index (χ0v) is 12.4. The molecule has 0 fully saturated rings. The molecule has 0 unspecified atom stereocenters. The minimum Gasteiger partial charge on any atom is -0.480 e. The SMILES string of the molecule is COCCN(CC(=O)O)C(=O)c1c(C)cc(C)cc1C. The van der Waals surface area contributed by atoms with Crippen LogP contribution in [-0.2, 0) is 9.53 Å². The number of carboxylic acid groups (broad SMARTS) is 1. The van der Waals surface area contributed by atoms with E-state index in [0.717, 1.165) is 16.7 Å². The fourth-order valence-electron chi connectivity index (χ4n) is 2.29. The third-order valence-corrected chi connectivity index (χ3v) is 3.07. The van der Waals surface area contributed by atoms with Crippen LogP contribution in [0, 0.1) is 20.8 Å². The molecule has 1 aromatic rings. The summed E-state index contributed by atoms with van der Waals surface area (Å²) in [5, 5.41) is 8.93. The van der Waals surface area contributed by atoms with E-state index < -0.39 is 5.97 Å². The first-order valence-corrected chi connectivity index (χ1v) is 6.44. The summed E-state index contributed by atoms with van der Waals surface area (Å²) in [6.45, 7) is 5.94. The number of nitrogens with zero attached hydrogens (tertiary/aromatic N) is 1. The molecule has 0 spiro atoms. The number of hydrogen-bond donors (Lipinski definition) is 1. The number of aryl methyl sites for hydroxylation is 3. The molecule has 0 saturated heterocycles. The summed E-state index contributed by atoms with van der Waals surface area (Å²) in [5.74, 6) is -1.30. The Kier molecular flexibility index (Phi) is 5.70. The lowest BCUT2D eigenvalue weighted by atomic mass is 9.98. The van der Waals surface area contributed by atoms with Gasteiger partial charge in [-0.1, -0.05) is 17.7 Å². The van der Waals surface area contributed by atoms with Crippen molar-refractivity contribution in [1.29, 1.82) is 0 Å². The molecule has 1 rings (SSSR count). The van der Waals surface area contributed by atoms with E-state index in [0.29, 0.717) is 12.2 Å². The van der Waals surface area contributed by atoms with Gasteiger partial charge >= 0.3 is 5.97 Å². The standard InChI is InChI=1S/C15H21NO4/c1-10-7-11(2)14(12(3)8-10)15(19)16(5-6-20-4)9-13(17)18/h7-8H,5-6,9H2,1-4H3,(H,17,18). The average Bonchev–Trinajstić information content (AvgIpc) is 2.32. The lowest BCUT2D eigenvalue weighted by Gasteiger charge is -2.22. The number of amides is 1. The van der Waals surface area contributed by atoms with Crippen LogP contribution in [0.4, 0.5) is 0 Å². The van der Waals surface area contributed by atoms with Crippen molar-refractivity contribution in [2.75, 3.05) is 26.8 Å². The molecular weight excluding hydrogens is 258 g/mol. The molecule has 0 atom stereocenters. The Morgan fingerprint density at radius 3 is 2.20 bits per heavy atom. The Hall–Kier alpha value is -1.88. The summed E-state index contributed by atoms with van der Waals surface area (Å²) >= 11 is 0. The van der Waals surface area contributed by atoms with Gasteiger partial charge in [0, 0.05) is 19.2 Å². The van der Waals surface area contributed by atoms with E-state index >= 15 is 0 Å². The number of benzene rings is 1. The molecule has 0 aliphatic heterocycles. The predicted octanol–water partition coefficient (Wildman–Crippen LogP) is 1.79. The van der Waals surface area contributed by atoms with Gasteiger partial charge in [-0.2, -0.15) is 0 Å². The molecule has 1 N–H and O–H groups in total. The van der Waals surface area contributed by atoms with E-state index in [1.54, 1.807) is 0 Å². The monoisotopic (exact) mass is 279 g/mol. The van der Waals surface area contributed by atoms with Gasteiger partial charge in [-0.05, 0) is 31.9 Å². The number of ether oxygens (including phenoxy) is 1. The second-order valence-corrected chi connectivity index (χ2v) is 4.89. The van der Waals surface area contributed by atoms with Gasteiger partial charge in [-0.25, -0.2) is 0 Å². The van der Waals surface area contributed by atoms with E-state index in [1.807, 2.05) is 32.9 Å². The Bertz CT molecular complexity index is 488. The summed E-state index contributed by atoms with van der Waals surface area (Å²) < 4.78 is 4.93. The van der Waals surface area contributed by atoms with Crippen LogP contribution in [0.2, 0.25) is 0 Å². The van der Waals surface area contributed by atoms with Crippen LogP contribution in [0.5, 0.6) is 0 Å². The van der Waals surface area contributed by atoms with Crippen molar-refractivity contribution in [3.63, 3.8) is 0 Å². The Balaban J connectivity index is 3.08. The largest absolute Gasteiger partial charge is 0.480 e. The summed E-state index contributed by atoms with van der Waals surface area (Å²) in [4.78, 5) is 24.7. The molecule has 0 saturated carbocycles. The molecule has 0 heterocycles. The van der Waals surface area contributed by atoms with Crippen LogP contribution >= 0.6 is 0 Å². The van der Waals surface area contributed by atoms with Crippen LogP contribution in [-0.4, -0.2) is 48.7 Å². The lowest BCUT2D eigenvalue weighted by molar-refractivity contribution is -0.137. The third kappa shape index (κ3) is 4.06. The number of aliphatic carboxylic acids is 1. The number of methoxy groups -OCH3 is 1. The van der Waals surface area contributed by atoms with Gasteiger partial charge in [0.1, 0.15) is 6.54 Å². The Morgan fingerprint density at radius 1 is 1.20 bits per heavy atom. The normalized spacial score (nSPS) is 10.4. The number of carboxylic acids is 1. The van der Waals surface area contributed by atoms with Gasteiger partial charge in [0.2, 0.25) is 0 Å². The first-order chi connectivity index (χ1) is 9.36. The highest BCUT2D eigenvalue weighted by molar-refractivity contribution is 5.98. The number of rotatable bonds is 6. The van der Waals surface area contributed by atoms with Gasteiger partial charge in [-0.15, -0.1) is 0 Å². The maximum Gasteiger partial charge on any atom is 0.323 e. The molecule has 110 valence electrons. The van der Waals surface area contributed by atoms with Crippen LogP contribution in [0.15, 0.2) is 12.1 Å². The summed E-state index contributed by atoms with van der Waals surface area (Å²) in [7, 11) is 1.52. The van der Waals surface area contributed by atoms with Crippen molar-refractivity contribution >= 4 is 11.9 Å². The van der Waals surface area contributed by atoms with Crippen LogP contribution in [0.25, 0.3) is 0 Å². The van der Waals surface area contributed by atoms with Crippen molar-refractivity contribution in [1.82, 2.24) is 4.90 Å². The maximum absolute atomic E-state index is 12.5. The highest BCUT2D eigenvalue weighted by atomic mass is 16.5. The molecule has 5 heteroatoms. The van der Waals surface area contributed by atoms with E-state index in [9.17, 15) is 9.59 Å². The maximum atomic E-state index is 12.5. The van der Waals surface area contributed by atoms with Crippen LogP contribution in [0.3, 0.4) is 0 Å². The van der Waals surface area contributed by atoms with E-state index in [-0.39, 0.29) is 19.0 Å². The van der Waals surface area contributed by atoms with Gasteiger partial charge in [0.25, 0.3) is 5.91 Å². The molecule has 0 aliphatic carbocycles. The van der Waals surface area contributed by atoms with Crippen molar-refractivity contribution in [2.24, 2.45) is 0 Å². The van der Waals surface area contributed by atoms with E-state index in [4.69, 9.17) is 9.84 Å². The topological polar surface area (TPSA) is 66.8 Å². The lowest BCUT2D eigenvalue weighted by Crippen LogP contribution is -2.38. The molecule has 1 aromatic carbocycles. The fourth-order valence-corrected chi connectivity index (χ4v) is 2.29. The zero-order valence-electron chi connectivity index (χ0n) is 12.4. The first kappa shape index (κ1) is 16.2. The van der Waals surface area contributed by atoms with Crippen molar-refractivity contribution < 1.29 is 19.4 Å². The quantitative estimate of drug-likeness (QED) is 0.862. The number of carbonyl (C=O) groups is 2. The smallest absolute Gasteiger partial charge is 0.323 e. The predicted molar refractivity (Wildman–Crippen MR) is 76.1 cm³/mol. The van der Waals surface area contributed by atoms with Crippen molar-refractivity contribution in [3.05, 3.63) is 34.4 Å². The highest BCUT2D eigenvalue weighted by Gasteiger charge is 2.21. The molecule has 0 radical (unpaired) electrons. The Morgan fingerprint density at radius 2 is 1.75 bits per heavy atom. The minimum atomic E-state index is -1.03. The molecule has 5 nitrogen and oxygen atoms in total. The zero-order chi connectivity index (χ0) is 15.3. The summed E-state index contributed by atoms with van der Waals surface area (Å²) in [6.07, 6.45) is 0. The average molecular weight is 279 g/mol. The van der Waals surface area contributed by atoms with Gasteiger partial charge in [0.05, 0.1) is 6.61 Å². The molecule has 1 amide bonds. The summed E-state index contributed by atoms with van der Waals surface area (Å²) in [5.41, 5.74) is 3.38. The minimum absolute atomic E-state index is 0.258. The first-order valence-electron chi connectivity index (χ1n) is 6.44. The molecular formula is C15H21NO4. The second kappa shape index (κ2) is 7.05. The molecule has 20 heavy (non-hydrogen) atoms. The molecule has 0 bridgehead atoms. The number of carbonyl (C=O) groups excluding carboxylic acids is 1. The Labute approximate surface area is 119 Å².